The molecule has 0 saturated heterocycles. The highest BCUT2D eigenvalue weighted by Crippen LogP contribution is 2.41. The first-order chi connectivity index (χ1) is 65.4. The number of H-pyrrole nitrogens is 1. The number of rotatable bonds is 16. The summed E-state index contributed by atoms with van der Waals surface area (Å²) in [5.41, 5.74) is 13.1. The molecule has 0 aliphatic heterocycles. The SMILES string of the molecule is CCOC(=O)c1cc2c(=O)c3cc(C4CCCCC4)ccc3oc2[nH]c1=O.CCOC(=O)c1cc2c(=O)c3cc(C4CCCCC4)ccc3oc2nc1Cl.CCOC(=O)c1cc2c(=O)c3cc(C4CCCCC4)ccc3oc2nc1N.CCOC(=O)c1cc2c(=O)c3cc(C4CCCCC4)ccc3oc2nc1NC.CNc1nc2oc3ccc(C4CCCCC4)cc3c(=O)c2cc1C(=O)O. The normalized spacial score (nSPS) is 15.3. The molecule has 5 aliphatic carbocycles. The topological polar surface area (TPSA) is 428 Å². The average molecular weight is 1850 g/mol. The average Bonchev–Trinajstić information content (AvgIpc) is 0.782. The highest BCUT2D eigenvalue weighted by Gasteiger charge is 2.29. The number of aromatic carboxylic acids is 1. The number of nitrogens with zero attached hydrogens (tertiary/aromatic N) is 4. The van der Waals surface area contributed by atoms with E-state index in [2.05, 4.69) is 41.6 Å². The first-order valence-corrected chi connectivity index (χ1v) is 47.3. The van der Waals surface area contributed by atoms with Crippen molar-refractivity contribution in [1.29, 1.82) is 0 Å². The van der Waals surface area contributed by atoms with Gasteiger partial charge < -0.3 is 62.5 Å². The number of nitrogens with two attached hydrogens (primary N) is 1. The van der Waals surface area contributed by atoms with Gasteiger partial charge in [0.25, 0.3) is 5.56 Å². The van der Waals surface area contributed by atoms with Gasteiger partial charge in [0.1, 0.15) is 72.8 Å². The predicted octanol–water partition coefficient (Wildman–Crippen LogP) is 22.0. The first kappa shape index (κ1) is 94.2. The highest BCUT2D eigenvalue weighted by molar-refractivity contribution is 6.33. The van der Waals surface area contributed by atoms with Crippen LogP contribution in [0.5, 0.6) is 0 Å². The second kappa shape index (κ2) is 42.1. The van der Waals surface area contributed by atoms with E-state index in [4.69, 9.17) is 58.4 Å². The van der Waals surface area contributed by atoms with Gasteiger partial charge in [-0.05, 0) is 240 Å². The molecule has 0 spiro atoms. The van der Waals surface area contributed by atoms with Crippen molar-refractivity contribution in [3.8, 4) is 0 Å². The number of pyridine rings is 5. The smallest absolute Gasteiger partial charge is 0.343 e. The molecule has 0 radical (unpaired) electrons. The molecular formula is C105H107ClN8O21. The summed E-state index contributed by atoms with van der Waals surface area (Å²) in [5.74, 6) is -0.727. The lowest BCUT2D eigenvalue weighted by molar-refractivity contribution is 0.0515. The Morgan fingerprint density at radius 3 is 0.948 bits per heavy atom. The number of hydrogen-bond acceptors (Lipinski definition) is 27. The summed E-state index contributed by atoms with van der Waals surface area (Å²) in [6.07, 6.45) is 30.0. The summed E-state index contributed by atoms with van der Waals surface area (Å²) in [5, 5.41) is 18.5. The van der Waals surface area contributed by atoms with E-state index in [1.54, 1.807) is 47.9 Å². The number of hydrogen-bond donors (Lipinski definition) is 5. The van der Waals surface area contributed by atoms with Crippen LogP contribution >= 0.6 is 11.6 Å². The molecule has 700 valence electrons. The Morgan fingerprint density at radius 2 is 0.615 bits per heavy atom. The van der Waals surface area contributed by atoms with Crippen LogP contribution in [-0.4, -0.2) is 100 Å². The van der Waals surface area contributed by atoms with Gasteiger partial charge in [-0.1, -0.05) is 138 Å². The Bertz CT molecular complexity index is 7340. The Morgan fingerprint density at radius 1 is 0.348 bits per heavy atom. The molecule has 0 bridgehead atoms. The number of benzene rings is 5. The number of esters is 4. The third-order valence-corrected chi connectivity index (χ3v) is 26.8. The van der Waals surface area contributed by atoms with Crippen molar-refractivity contribution in [1.82, 2.24) is 24.9 Å². The lowest BCUT2D eigenvalue weighted by atomic mass is 9.84. The van der Waals surface area contributed by atoms with E-state index in [0.717, 1.165) is 75.3 Å². The van der Waals surface area contributed by atoms with E-state index < -0.39 is 35.4 Å². The van der Waals surface area contributed by atoms with Crippen molar-refractivity contribution < 1.29 is 70.1 Å². The number of nitrogen functional groups attached to an aromatic ring is 1. The lowest BCUT2D eigenvalue weighted by Gasteiger charge is -2.22. The van der Waals surface area contributed by atoms with Crippen molar-refractivity contribution in [2.45, 2.75) is 218 Å². The van der Waals surface area contributed by atoms with E-state index in [9.17, 15) is 57.8 Å². The van der Waals surface area contributed by atoms with E-state index in [-0.39, 0.29) is 154 Å². The van der Waals surface area contributed by atoms with E-state index in [1.165, 1.54) is 143 Å². The quantitative estimate of drug-likeness (QED) is 0.0259. The second-order valence-electron chi connectivity index (χ2n) is 35.0. The van der Waals surface area contributed by atoms with Crippen molar-refractivity contribution in [3.63, 3.8) is 0 Å². The van der Waals surface area contributed by atoms with Crippen LogP contribution in [0.4, 0.5) is 17.5 Å². The zero-order valence-corrected chi connectivity index (χ0v) is 77.1. The van der Waals surface area contributed by atoms with Crippen LogP contribution in [0.15, 0.2) is 172 Å². The zero-order chi connectivity index (χ0) is 94.8. The fourth-order valence-corrected chi connectivity index (χ4v) is 19.7. The van der Waals surface area contributed by atoms with Gasteiger partial charge in [0.2, 0.25) is 55.7 Å². The van der Waals surface area contributed by atoms with Crippen molar-refractivity contribution in [2.75, 3.05) is 56.9 Å². The molecule has 10 aromatic heterocycles. The maximum atomic E-state index is 13.2. The second-order valence-corrected chi connectivity index (χ2v) is 35.3. The minimum Gasteiger partial charge on any atom is -0.478 e. The monoisotopic (exact) mass is 1850 g/mol. The molecule has 5 aromatic carbocycles. The van der Waals surface area contributed by atoms with Crippen molar-refractivity contribution in [2.24, 2.45) is 0 Å². The molecule has 30 heteroatoms. The fourth-order valence-electron chi connectivity index (χ4n) is 19.5. The van der Waals surface area contributed by atoms with Crippen LogP contribution in [0, 0.1) is 0 Å². The number of aromatic amines is 1. The number of carbonyl (C=O) groups excluding carboxylic acids is 4. The number of nitrogens with one attached hydrogen (secondary N) is 3. The van der Waals surface area contributed by atoms with Crippen molar-refractivity contribution in [3.05, 3.63) is 244 Å². The summed E-state index contributed by atoms with van der Waals surface area (Å²) in [6, 6.07) is 35.9. The van der Waals surface area contributed by atoms with E-state index >= 15 is 0 Å². The Hall–Kier alpha value is -14.0. The van der Waals surface area contributed by atoms with Gasteiger partial charge in [0.05, 0.1) is 85.9 Å². The molecule has 20 rings (SSSR count). The molecule has 5 aliphatic rings. The van der Waals surface area contributed by atoms with E-state index in [0.29, 0.717) is 90.3 Å². The molecule has 0 unspecified atom stereocenters. The maximum Gasteiger partial charge on any atom is 0.343 e. The number of anilines is 3. The number of fused-ring (bicyclic) bond motifs is 10. The standard InChI is InChI=1S/C22H24N2O4.C21H20ClNO4.C21H22N2O4.C21H21NO5.C20H20N2O4/c1-3-27-22(26)17-12-16-19(25)15-11-14(13-7-5-4-6-8-13)9-10-18(15)28-21(16)24-20(17)23-2;2*1-2-26-21(25)16-11-15-18(24)14-10-13(12-6-4-3-5-7-12)8-9-17(14)27-20(15)23-19(16)22;1-2-26-21(25)16-11-15-18(23)14-10-13(12-6-4-3-5-7-12)8-9-17(14)27-20(15)22-19(16)24;1-21-18-15(20(24)25)10-14-17(23)13-9-12(11-5-3-2-4-6-11)7-8-16(13)26-19(14)22-18/h9-13H,3-8H2,1-2H3,(H,23,24);8-12H,2-7H2,1H3;8-12H,2-7H2,1H3,(H2,22,23);8-12H,2-7H2,1H3,(H,22,24);7-11H,2-6H2,1H3,(H,21,22)(H,24,25). The largest absolute Gasteiger partial charge is 0.478 e. The van der Waals surface area contributed by atoms with Gasteiger partial charge >= 0.3 is 29.8 Å². The summed E-state index contributed by atoms with van der Waals surface area (Å²) < 4.78 is 49.0. The molecule has 15 aromatic rings. The van der Waals surface area contributed by atoms with Crippen LogP contribution in [0.25, 0.3) is 110 Å². The highest BCUT2D eigenvalue weighted by atomic mass is 35.5. The number of carbonyl (C=O) groups is 5. The van der Waals surface area contributed by atoms with Gasteiger partial charge in [-0.2, -0.15) is 19.9 Å². The van der Waals surface area contributed by atoms with E-state index in [1.807, 2.05) is 78.9 Å². The van der Waals surface area contributed by atoms with Gasteiger partial charge in [-0.25, -0.2) is 24.0 Å². The summed E-state index contributed by atoms with van der Waals surface area (Å²) in [7, 11) is 3.24. The Labute approximate surface area is 778 Å². The number of carboxylic acid groups (broad SMARTS) is 1. The van der Waals surface area contributed by atoms with Crippen LogP contribution < -0.4 is 49.1 Å². The lowest BCUT2D eigenvalue weighted by Crippen LogP contribution is -2.21. The third-order valence-electron chi connectivity index (χ3n) is 26.5. The van der Waals surface area contributed by atoms with Gasteiger partial charge in [-0.3, -0.25) is 33.8 Å². The fraction of sp³-hybridized carbons (Fsp3) is 0.381. The van der Waals surface area contributed by atoms with Gasteiger partial charge in [0, 0.05) is 14.1 Å². The Balaban J connectivity index is 0.000000123. The maximum absolute atomic E-state index is 13.2. The summed E-state index contributed by atoms with van der Waals surface area (Å²) >= 11 is 6.09. The Kier molecular flexibility index (Phi) is 29.4. The predicted molar refractivity (Wildman–Crippen MR) is 520 cm³/mol. The van der Waals surface area contributed by atoms with Crippen LogP contribution in [-0.2, 0) is 18.9 Å². The molecular weight excluding hydrogens is 1740 g/mol. The molecule has 5 fully saturated rings. The molecule has 5 saturated carbocycles. The number of halogens is 1. The molecule has 0 amide bonds. The van der Waals surface area contributed by atoms with Crippen LogP contribution in [0.3, 0.4) is 0 Å². The number of aromatic nitrogens is 5. The molecule has 135 heavy (non-hydrogen) atoms. The summed E-state index contributed by atoms with van der Waals surface area (Å²) in [4.78, 5) is 157. The van der Waals surface area contributed by atoms with Crippen LogP contribution in [0.2, 0.25) is 5.15 Å². The zero-order valence-electron chi connectivity index (χ0n) is 76.3. The first-order valence-electron chi connectivity index (χ1n) is 46.9. The number of ether oxygens (including phenoxy) is 4. The van der Waals surface area contributed by atoms with Gasteiger partial charge in [-0.15, -0.1) is 0 Å². The minimum absolute atomic E-state index is 0.0118. The number of carboxylic acids is 1. The molecule has 29 nitrogen and oxygen atoms in total. The summed E-state index contributed by atoms with van der Waals surface area (Å²) in [6.45, 7) is 7.62. The van der Waals surface area contributed by atoms with Gasteiger partial charge in [0.15, 0.2) is 0 Å². The van der Waals surface area contributed by atoms with Crippen molar-refractivity contribution >= 4 is 169 Å². The molecule has 10 heterocycles. The van der Waals surface area contributed by atoms with Crippen LogP contribution in [0.1, 0.15) is 297 Å². The minimum atomic E-state index is -1.14. The third kappa shape index (κ3) is 20.3. The molecule has 6 N–H and O–H groups in total. The molecule has 0 atom stereocenters.